The van der Waals surface area contributed by atoms with Gasteiger partial charge in [0.05, 0.1) is 16.7 Å². The maximum absolute atomic E-state index is 12.8. The first-order chi connectivity index (χ1) is 16.2. The highest BCUT2D eigenvalue weighted by Gasteiger charge is 2.17. The van der Waals surface area contributed by atoms with Crippen LogP contribution in [0.15, 0.2) is 88.8 Å². The molecule has 33 heavy (non-hydrogen) atoms. The minimum atomic E-state index is -0.145. The summed E-state index contributed by atoms with van der Waals surface area (Å²) in [6.45, 7) is 2.38. The summed E-state index contributed by atoms with van der Waals surface area (Å²) in [5.41, 5.74) is 3.38. The number of carbonyl (C=O) groups is 1. The number of hydrogen-bond donors (Lipinski definition) is 1. The number of nitrogens with one attached hydrogen (secondary N) is 1. The molecule has 0 unspecified atom stereocenters. The van der Waals surface area contributed by atoms with Crippen molar-refractivity contribution in [2.75, 3.05) is 11.1 Å². The van der Waals surface area contributed by atoms with Gasteiger partial charge in [-0.05, 0) is 30.7 Å². The number of aromatic nitrogens is 4. The van der Waals surface area contributed by atoms with Crippen molar-refractivity contribution in [2.45, 2.75) is 18.6 Å². The Kier molecular flexibility index (Phi) is 5.66. The maximum atomic E-state index is 12.8. The van der Waals surface area contributed by atoms with Crippen LogP contribution in [0.25, 0.3) is 27.8 Å². The van der Waals surface area contributed by atoms with Gasteiger partial charge in [0.25, 0.3) is 5.56 Å². The van der Waals surface area contributed by atoms with Crippen molar-refractivity contribution in [2.24, 2.45) is 0 Å². The molecule has 0 saturated carbocycles. The van der Waals surface area contributed by atoms with E-state index < -0.39 is 0 Å². The van der Waals surface area contributed by atoms with Crippen LogP contribution in [0, 0.1) is 0 Å². The van der Waals surface area contributed by atoms with Crippen LogP contribution >= 0.6 is 11.8 Å². The Morgan fingerprint density at radius 2 is 1.67 bits per heavy atom. The lowest BCUT2D eigenvalue weighted by atomic mass is 10.0. The Labute approximate surface area is 194 Å². The van der Waals surface area contributed by atoms with Crippen molar-refractivity contribution >= 4 is 40.0 Å². The number of aryl methyl sites for hydroxylation is 1. The molecule has 0 fully saturated rings. The standard InChI is InChI=1S/C25H21N5O2S/c1-2-29-23(32)19-13-7-9-15-21(19)30-24(29)27-28-25(30)33-16-22(31)26-20-14-8-6-12-18(20)17-10-4-3-5-11-17/h3-15H,2,16H2,1H3,(H,26,31). The van der Waals surface area contributed by atoms with Crippen LogP contribution in [0.4, 0.5) is 5.69 Å². The van der Waals surface area contributed by atoms with Gasteiger partial charge >= 0.3 is 0 Å². The molecular weight excluding hydrogens is 434 g/mol. The second-order valence-electron chi connectivity index (χ2n) is 7.43. The lowest BCUT2D eigenvalue weighted by molar-refractivity contribution is -0.113. The smallest absolute Gasteiger partial charge is 0.262 e. The van der Waals surface area contributed by atoms with Crippen molar-refractivity contribution in [1.82, 2.24) is 19.2 Å². The second-order valence-corrected chi connectivity index (χ2v) is 8.38. The Hall–Kier alpha value is -3.91. The third-order valence-electron chi connectivity index (χ3n) is 5.41. The fourth-order valence-electron chi connectivity index (χ4n) is 3.89. The molecule has 1 N–H and O–H groups in total. The van der Waals surface area contributed by atoms with Crippen LogP contribution < -0.4 is 10.9 Å². The van der Waals surface area contributed by atoms with Gasteiger partial charge in [-0.2, -0.15) is 0 Å². The van der Waals surface area contributed by atoms with E-state index in [-0.39, 0.29) is 17.2 Å². The number of hydrogen-bond acceptors (Lipinski definition) is 5. The average Bonchev–Trinajstić information content (AvgIpc) is 3.28. The third kappa shape index (κ3) is 3.89. The highest BCUT2D eigenvalue weighted by atomic mass is 32.2. The molecule has 0 aliphatic carbocycles. The van der Waals surface area contributed by atoms with E-state index in [4.69, 9.17) is 0 Å². The molecule has 0 spiro atoms. The van der Waals surface area contributed by atoms with Gasteiger partial charge in [0.1, 0.15) is 0 Å². The zero-order chi connectivity index (χ0) is 22.8. The van der Waals surface area contributed by atoms with Crippen LogP contribution in [0.3, 0.4) is 0 Å². The summed E-state index contributed by atoms with van der Waals surface area (Å²) in [5.74, 6) is 0.482. The van der Waals surface area contributed by atoms with Crippen molar-refractivity contribution in [3.05, 3.63) is 89.2 Å². The molecule has 0 atom stereocenters. The normalized spacial score (nSPS) is 11.2. The Bertz CT molecular complexity index is 1520. The third-order valence-corrected chi connectivity index (χ3v) is 6.34. The molecule has 2 aromatic heterocycles. The molecule has 1 amide bonds. The summed E-state index contributed by atoms with van der Waals surface area (Å²) in [7, 11) is 0. The predicted molar refractivity (Wildman–Crippen MR) is 132 cm³/mol. The molecule has 2 heterocycles. The largest absolute Gasteiger partial charge is 0.325 e. The van der Waals surface area contributed by atoms with Gasteiger partial charge in [0, 0.05) is 17.8 Å². The Morgan fingerprint density at radius 3 is 2.48 bits per heavy atom. The van der Waals surface area contributed by atoms with E-state index in [2.05, 4.69) is 15.5 Å². The predicted octanol–water partition coefficient (Wildman–Crippen LogP) is 4.46. The van der Waals surface area contributed by atoms with Gasteiger partial charge < -0.3 is 5.32 Å². The summed E-state index contributed by atoms with van der Waals surface area (Å²) in [5, 5.41) is 12.7. The zero-order valence-electron chi connectivity index (χ0n) is 17.9. The zero-order valence-corrected chi connectivity index (χ0v) is 18.7. The van der Waals surface area contributed by atoms with Gasteiger partial charge in [-0.15, -0.1) is 10.2 Å². The van der Waals surface area contributed by atoms with Crippen molar-refractivity contribution in [1.29, 1.82) is 0 Å². The molecule has 3 aromatic carbocycles. The first kappa shape index (κ1) is 21.0. The minimum absolute atomic E-state index is 0.0974. The van der Waals surface area contributed by atoms with E-state index in [0.29, 0.717) is 22.9 Å². The highest BCUT2D eigenvalue weighted by Crippen LogP contribution is 2.28. The number of fused-ring (bicyclic) bond motifs is 3. The summed E-state index contributed by atoms with van der Waals surface area (Å²) < 4.78 is 3.44. The molecule has 0 radical (unpaired) electrons. The number of nitrogens with zero attached hydrogens (tertiary/aromatic N) is 4. The number of para-hydroxylation sites is 2. The summed E-state index contributed by atoms with van der Waals surface area (Å²) in [4.78, 5) is 25.6. The Morgan fingerprint density at radius 1 is 0.939 bits per heavy atom. The monoisotopic (exact) mass is 455 g/mol. The van der Waals surface area contributed by atoms with E-state index in [1.54, 1.807) is 10.6 Å². The number of benzene rings is 3. The molecule has 5 rings (SSSR count). The van der Waals surface area contributed by atoms with Gasteiger partial charge in [-0.1, -0.05) is 72.4 Å². The van der Waals surface area contributed by atoms with Crippen molar-refractivity contribution in [3.63, 3.8) is 0 Å². The van der Waals surface area contributed by atoms with E-state index in [1.807, 2.05) is 84.1 Å². The fraction of sp³-hybridized carbons (Fsp3) is 0.120. The maximum Gasteiger partial charge on any atom is 0.262 e. The number of anilines is 1. The molecule has 0 aliphatic heterocycles. The van der Waals surface area contributed by atoms with Crippen LogP contribution in [-0.2, 0) is 11.3 Å². The van der Waals surface area contributed by atoms with E-state index >= 15 is 0 Å². The van der Waals surface area contributed by atoms with Crippen molar-refractivity contribution in [3.8, 4) is 11.1 Å². The molecule has 0 bridgehead atoms. The van der Waals surface area contributed by atoms with Crippen LogP contribution in [0.1, 0.15) is 6.92 Å². The van der Waals surface area contributed by atoms with E-state index in [9.17, 15) is 9.59 Å². The summed E-state index contributed by atoms with van der Waals surface area (Å²) >= 11 is 1.29. The summed E-state index contributed by atoms with van der Waals surface area (Å²) in [6.07, 6.45) is 0. The van der Waals surface area contributed by atoms with Gasteiger partial charge in [0.2, 0.25) is 11.7 Å². The van der Waals surface area contributed by atoms with Crippen molar-refractivity contribution < 1.29 is 4.79 Å². The number of carbonyl (C=O) groups excluding carboxylic acids is 1. The SMILES string of the molecule is CCn1c(=O)c2ccccc2n2c(SCC(=O)Nc3ccccc3-c3ccccc3)nnc12. The Balaban J connectivity index is 1.42. The van der Waals surface area contributed by atoms with Gasteiger partial charge in [-0.25, -0.2) is 0 Å². The fourth-order valence-corrected chi connectivity index (χ4v) is 4.63. The molecule has 7 nitrogen and oxygen atoms in total. The topological polar surface area (TPSA) is 81.3 Å². The number of rotatable bonds is 6. The molecule has 5 aromatic rings. The van der Waals surface area contributed by atoms with Gasteiger partial charge in [-0.3, -0.25) is 18.6 Å². The van der Waals surface area contributed by atoms with Crippen LogP contribution in [0.2, 0.25) is 0 Å². The number of amides is 1. The van der Waals surface area contributed by atoms with Gasteiger partial charge in [0.15, 0.2) is 5.16 Å². The first-order valence-corrected chi connectivity index (χ1v) is 11.6. The second kappa shape index (κ2) is 8.91. The average molecular weight is 456 g/mol. The lowest BCUT2D eigenvalue weighted by Crippen LogP contribution is -2.22. The quantitative estimate of drug-likeness (QED) is 0.382. The van der Waals surface area contributed by atoms with Crippen LogP contribution in [-0.4, -0.2) is 30.8 Å². The molecule has 0 saturated heterocycles. The molecule has 8 heteroatoms. The summed E-state index contributed by atoms with van der Waals surface area (Å²) in [6, 6.07) is 25.0. The molecule has 0 aliphatic rings. The minimum Gasteiger partial charge on any atom is -0.325 e. The number of thioether (sulfide) groups is 1. The highest BCUT2D eigenvalue weighted by molar-refractivity contribution is 7.99. The van der Waals surface area contributed by atoms with Crippen LogP contribution in [0.5, 0.6) is 0 Å². The lowest BCUT2D eigenvalue weighted by Gasteiger charge is -2.11. The van der Waals surface area contributed by atoms with E-state index in [0.717, 1.165) is 22.3 Å². The molecule has 164 valence electrons. The molecular formula is C25H21N5O2S. The first-order valence-electron chi connectivity index (χ1n) is 10.6. The van der Waals surface area contributed by atoms with E-state index in [1.165, 1.54) is 11.8 Å².